The van der Waals surface area contributed by atoms with Gasteiger partial charge in [-0.05, 0) is 67.8 Å². The Kier molecular flexibility index (Phi) is 7.50. The first kappa shape index (κ1) is 24.0. The van der Waals surface area contributed by atoms with Crippen LogP contribution < -0.4 is 15.4 Å². The summed E-state index contributed by atoms with van der Waals surface area (Å²) in [6.07, 6.45) is 0. The van der Waals surface area contributed by atoms with Crippen molar-refractivity contribution in [2.75, 3.05) is 4.72 Å². The lowest BCUT2D eigenvalue weighted by Gasteiger charge is -2.15. The van der Waals surface area contributed by atoms with E-state index in [1.54, 1.807) is 26.0 Å². The Morgan fingerprint density at radius 2 is 1.58 bits per heavy atom. The number of carbonyl (C=O) groups excluding carboxylic acids is 2. The van der Waals surface area contributed by atoms with E-state index in [4.69, 9.17) is 0 Å². The molecule has 8 heteroatoms. The molecule has 7 nitrogen and oxygen atoms in total. The number of hydrogen-bond donors (Lipinski definition) is 3. The van der Waals surface area contributed by atoms with Crippen molar-refractivity contribution in [2.45, 2.75) is 38.3 Å². The molecule has 0 aromatic heterocycles. The molecule has 0 fully saturated rings. The molecule has 0 heterocycles. The van der Waals surface area contributed by atoms with Crippen molar-refractivity contribution in [3.63, 3.8) is 0 Å². The number of sulfonamides is 1. The molecule has 2 amide bonds. The number of amides is 2. The lowest BCUT2D eigenvalue weighted by Crippen LogP contribution is -2.44. The first-order valence-corrected chi connectivity index (χ1v) is 12.0. The highest BCUT2D eigenvalue weighted by Gasteiger charge is 2.19. The minimum atomic E-state index is -3.76. The molecule has 1 unspecified atom stereocenters. The summed E-state index contributed by atoms with van der Waals surface area (Å²) < 4.78 is 28.0. The standard InChI is InChI=1S/C25H27N3O4S/c1-17-9-10-18(2)23(15-17)33(31,32)28-22-13-11-21(12-14-22)25(30)27-19(3)24(29)26-16-20-7-5-4-6-8-20/h4-15,19,28H,16H2,1-3H3,(H,26,29)(H,27,30). The third-order valence-corrected chi connectivity index (χ3v) is 6.61. The van der Waals surface area contributed by atoms with Gasteiger partial charge in [0.25, 0.3) is 15.9 Å². The smallest absolute Gasteiger partial charge is 0.262 e. The molecule has 0 aliphatic rings. The Balaban J connectivity index is 1.59. The molecule has 33 heavy (non-hydrogen) atoms. The minimum Gasteiger partial charge on any atom is -0.350 e. The summed E-state index contributed by atoms with van der Waals surface area (Å²) in [7, 11) is -3.76. The number of rotatable bonds is 8. The second-order valence-electron chi connectivity index (χ2n) is 7.85. The fourth-order valence-electron chi connectivity index (χ4n) is 3.18. The van der Waals surface area contributed by atoms with Crippen molar-refractivity contribution in [1.29, 1.82) is 0 Å². The molecule has 0 bridgehead atoms. The first-order chi connectivity index (χ1) is 15.7. The summed E-state index contributed by atoms with van der Waals surface area (Å²) in [6.45, 7) is 5.54. The van der Waals surface area contributed by atoms with Gasteiger partial charge >= 0.3 is 0 Å². The Morgan fingerprint density at radius 1 is 0.909 bits per heavy atom. The number of nitrogens with one attached hydrogen (secondary N) is 3. The van der Waals surface area contributed by atoms with Crippen LogP contribution in [0.2, 0.25) is 0 Å². The molecule has 1 atom stereocenters. The number of hydrogen-bond acceptors (Lipinski definition) is 4. The average Bonchev–Trinajstić information content (AvgIpc) is 2.79. The van der Waals surface area contributed by atoms with Gasteiger partial charge < -0.3 is 10.6 Å². The van der Waals surface area contributed by atoms with Crippen LogP contribution in [0.3, 0.4) is 0 Å². The Labute approximate surface area is 194 Å². The lowest BCUT2D eigenvalue weighted by molar-refractivity contribution is -0.122. The second-order valence-corrected chi connectivity index (χ2v) is 9.50. The largest absolute Gasteiger partial charge is 0.350 e. The zero-order chi connectivity index (χ0) is 24.0. The molecule has 0 saturated heterocycles. The van der Waals surface area contributed by atoms with E-state index < -0.39 is 22.0 Å². The summed E-state index contributed by atoms with van der Waals surface area (Å²) in [4.78, 5) is 25.0. The van der Waals surface area contributed by atoms with Crippen molar-refractivity contribution in [3.05, 3.63) is 95.1 Å². The molecule has 3 rings (SSSR count). The van der Waals surface area contributed by atoms with Crippen LogP contribution in [0.4, 0.5) is 5.69 Å². The van der Waals surface area contributed by atoms with E-state index >= 15 is 0 Å². The van der Waals surface area contributed by atoms with E-state index in [1.807, 2.05) is 43.3 Å². The molecule has 0 saturated carbocycles. The maximum Gasteiger partial charge on any atom is 0.262 e. The summed E-state index contributed by atoms with van der Waals surface area (Å²) in [5, 5.41) is 5.43. The van der Waals surface area contributed by atoms with E-state index in [1.165, 1.54) is 24.3 Å². The molecule has 0 aliphatic heterocycles. The molecule has 0 spiro atoms. The van der Waals surface area contributed by atoms with Gasteiger partial charge in [-0.2, -0.15) is 0 Å². The van der Waals surface area contributed by atoms with Crippen LogP contribution in [0, 0.1) is 13.8 Å². The van der Waals surface area contributed by atoms with Gasteiger partial charge in [-0.1, -0.05) is 42.5 Å². The number of benzene rings is 3. The van der Waals surface area contributed by atoms with Crippen LogP contribution in [0.25, 0.3) is 0 Å². The van der Waals surface area contributed by atoms with Crippen LogP contribution >= 0.6 is 0 Å². The summed E-state index contributed by atoms with van der Waals surface area (Å²) in [5.41, 5.74) is 3.09. The summed E-state index contributed by atoms with van der Waals surface area (Å²) in [6, 6.07) is 20.0. The van der Waals surface area contributed by atoms with Crippen LogP contribution in [-0.2, 0) is 21.4 Å². The second kappa shape index (κ2) is 10.3. The van der Waals surface area contributed by atoms with Crippen molar-refractivity contribution in [3.8, 4) is 0 Å². The van der Waals surface area contributed by atoms with Gasteiger partial charge in [0.05, 0.1) is 4.90 Å². The van der Waals surface area contributed by atoms with E-state index in [-0.39, 0.29) is 10.8 Å². The fraction of sp³-hybridized carbons (Fsp3) is 0.200. The topological polar surface area (TPSA) is 104 Å². The molecule has 3 aromatic rings. The normalized spacial score (nSPS) is 12.0. The van der Waals surface area contributed by atoms with Gasteiger partial charge in [-0.3, -0.25) is 14.3 Å². The van der Waals surface area contributed by atoms with Crippen molar-refractivity contribution < 1.29 is 18.0 Å². The molecule has 0 aliphatic carbocycles. The highest BCUT2D eigenvalue weighted by molar-refractivity contribution is 7.92. The predicted octanol–water partition coefficient (Wildman–Crippen LogP) is 3.54. The van der Waals surface area contributed by atoms with Crippen LogP contribution in [0.15, 0.2) is 77.7 Å². The van der Waals surface area contributed by atoms with Crippen molar-refractivity contribution >= 4 is 27.5 Å². The SMILES string of the molecule is Cc1ccc(C)c(S(=O)(=O)Nc2ccc(C(=O)NC(C)C(=O)NCc3ccccc3)cc2)c1. The number of anilines is 1. The predicted molar refractivity (Wildman–Crippen MR) is 128 cm³/mol. The van der Waals surface area contributed by atoms with Crippen molar-refractivity contribution in [2.24, 2.45) is 0 Å². The Morgan fingerprint density at radius 3 is 2.24 bits per heavy atom. The minimum absolute atomic E-state index is 0.208. The molecule has 172 valence electrons. The molecule has 0 radical (unpaired) electrons. The number of carbonyl (C=O) groups is 2. The third-order valence-electron chi connectivity index (χ3n) is 5.08. The maximum absolute atomic E-state index is 12.7. The van der Waals surface area contributed by atoms with E-state index in [0.29, 0.717) is 23.4 Å². The third kappa shape index (κ3) is 6.43. The summed E-state index contributed by atoms with van der Waals surface area (Å²) >= 11 is 0. The van der Waals surface area contributed by atoms with Crippen LogP contribution in [-0.4, -0.2) is 26.3 Å². The highest BCUT2D eigenvalue weighted by atomic mass is 32.2. The van der Waals surface area contributed by atoms with Gasteiger partial charge in [0.15, 0.2) is 0 Å². The monoisotopic (exact) mass is 465 g/mol. The molecule has 3 aromatic carbocycles. The highest BCUT2D eigenvalue weighted by Crippen LogP contribution is 2.21. The van der Waals surface area contributed by atoms with Crippen molar-refractivity contribution in [1.82, 2.24) is 10.6 Å². The van der Waals surface area contributed by atoms with Gasteiger partial charge in [0.2, 0.25) is 5.91 Å². The average molecular weight is 466 g/mol. The van der Waals surface area contributed by atoms with E-state index in [2.05, 4.69) is 15.4 Å². The van der Waals surface area contributed by atoms with Gasteiger partial charge in [-0.25, -0.2) is 8.42 Å². The number of aryl methyl sites for hydroxylation is 2. The summed E-state index contributed by atoms with van der Waals surface area (Å²) in [5.74, 6) is -0.730. The molecule has 3 N–H and O–H groups in total. The maximum atomic E-state index is 12.7. The van der Waals surface area contributed by atoms with E-state index in [9.17, 15) is 18.0 Å². The lowest BCUT2D eigenvalue weighted by atomic mass is 10.1. The molecular formula is C25H27N3O4S. The van der Waals surface area contributed by atoms with Gasteiger partial charge in [-0.15, -0.1) is 0 Å². The molecular weight excluding hydrogens is 438 g/mol. The van der Waals surface area contributed by atoms with Gasteiger partial charge in [0.1, 0.15) is 6.04 Å². The Hall–Kier alpha value is -3.65. The first-order valence-electron chi connectivity index (χ1n) is 10.5. The fourth-order valence-corrected chi connectivity index (χ4v) is 4.57. The zero-order valence-electron chi connectivity index (χ0n) is 18.8. The zero-order valence-corrected chi connectivity index (χ0v) is 19.6. The Bertz CT molecular complexity index is 1240. The van der Waals surface area contributed by atoms with E-state index in [0.717, 1.165) is 11.1 Å². The van der Waals surface area contributed by atoms with Crippen LogP contribution in [0.5, 0.6) is 0 Å². The van der Waals surface area contributed by atoms with Gasteiger partial charge in [0, 0.05) is 17.8 Å². The quantitative estimate of drug-likeness (QED) is 0.473. The van der Waals surface area contributed by atoms with Crippen LogP contribution in [0.1, 0.15) is 34.0 Å².